The van der Waals surface area contributed by atoms with E-state index in [-0.39, 0.29) is 23.7 Å². The number of benzene rings is 2. The fraction of sp³-hybridized carbons (Fsp3) is 0.364. The van der Waals surface area contributed by atoms with Crippen molar-refractivity contribution < 1.29 is 19.1 Å². The summed E-state index contributed by atoms with van der Waals surface area (Å²) >= 11 is 0. The van der Waals surface area contributed by atoms with Crippen LogP contribution in [0.3, 0.4) is 0 Å². The van der Waals surface area contributed by atoms with E-state index in [4.69, 9.17) is 9.47 Å². The summed E-state index contributed by atoms with van der Waals surface area (Å²) in [6, 6.07) is 15.1. The molecule has 1 fully saturated rings. The van der Waals surface area contributed by atoms with E-state index in [0.29, 0.717) is 36.7 Å². The van der Waals surface area contributed by atoms with E-state index in [1.165, 1.54) is 7.11 Å². The molecule has 0 aromatic heterocycles. The number of nitrogens with one attached hydrogen (secondary N) is 1. The molecular formula is C22H26N2O4. The summed E-state index contributed by atoms with van der Waals surface area (Å²) in [6.07, 6.45) is 0.578. The lowest BCUT2D eigenvalue weighted by molar-refractivity contribution is -0.134. The molecule has 1 aliphatic carbocycles. The molecule has 0 bridgehead atoms. The summed E-state index contributed by atoms with van der Waals surface area (Å²) in [5.41, 5.74) is 1.66. The molecule has 2 aromatic rings. The molecule has 0 heterocycles. The van der Waals surface area contributed by atoms with Gasteiger partial charge in [0.15, 0.2) is 0 Å². The van der Waals surface area contributed by atoms with Gasteiger partial charge < -0.3 is 19.7 Å². The Labute approximate surface area is 165 Å². The first-order chi connectivity index (χ1) is 13.6. The van der Waals surface area contributed by atoms with Gasteiger partial charge in [0.25, 0.3) is 0 Å². The maximum Gasteiger partial charge on any atom is 0.228 e. The maximum atomic E-state index is 12.8. The zero-order chi connectivity index (χ0) is 20.1. The minimum absolute atomic E-state index is 0.0354. The molecule has 2 amide bonds. The van der Waals surface area contributed by atoms with Crippen LogP contribution < -0.4 is 14.8 Å². The van der Waals surface area contributed by atoms with Gasteiger partial charge >= 0.3 is 0 Å². The number of methoxy groups -OCH3 is 2. The molecular weight excluding hydrogens is 356 g/mol. The number of carbonyl (C=O) groups excluding carboxylic acids is 2. The van der Waals surface area contributed by atoms with Crippen LogP contribution in [0.5, 0.6) is 11.5 Å². The highest BCUT2D eigenvalue weighted by atomic mass is 16.5. The normalized spacial score (nSPS) is 17.5. The fourth-order valence-electron chi connectivity index (χ4n) is 3.27. The number of nitrogens with zero attached hydrogens (tertiary/aromatic N) is 1. The van der Waals surface area contributed by atoms with Crippen LogP contribution in [-0.2, 0) is 16.1 Å². The average molecular weight is 382 g/mol. The Hall–Kier alpha value is -3.02. The van der Waals surface area contributed by atoms with Crippen LogP contribution in [0.4, 0.5) is 5.69 Å². The van der Waals surface area contributed by atoms with Gasteiger partial charge in [-0.1, -0.05) is 30.3 Å². The van der Waals surface area contributed by atoms with Gasteiger partial charge in [-0.05, 0) is 31.0 Å². The lowest BCUT2D eigenvalue weighted by Crippen LogP contribution is -2.33. The van der Waals surface area contributed by atoms with E-state index in [1.807, 2.05) is 37.3 Å². The number of anilines is 1. The summed E-state index contributed by atoms with van der Waals surface area (Å²) in [6.45, 7) is 3.14. The standard InChI is InChI=1S/C22H26N2O4/c1-4-24(14-15-8-6-5-7-9-15)22(26)18-13-17(18)21(25)23-19-11-10-16(27-2)12-20(19)28-3/h5-12,17-18H,4,13-14H2,1-3H3,(H,23,25). The summed E-state index contributed by atoms with van der Waals surface area (Å²) < 4.78 is 10.5. The van der Waals surface area contributed by atoms with E-state index in [1.54, 1.807) is 30.2 Å². The quantitative estimate of drug-likeness (QED) is 0.760. The van der Waals surface area contributed by atoms with Crippen molar-refractivity contribution in [2.24, 2.45) is 11.8 Å². The molecule has 6 heteroatoms. The van der Waals surface area contributed by atoms with Crippen LogP contribution in [-0.4, -0.2) is 37.5 Å². The fourth-order valence-corrected chi connectivity index (χ4v) is 3.27. The average Bonchev–Trinajstić information content (AvgIpc) is 3.53. The highest BCUT2D eigenvalue weighted by Crippen LogP contribution is 2.42. The van der Waals surface area contributed by atoms with Gasteiger partial charge in [0.2, 0.25) is 11.8 Å². The van der Waals surface area contributed by atoms with Crippen molar-refractivity contribution in [2.75, 3.05) is 26.1 Å². The molecule has 1 N–H and O–H groups in total. The third-order valence-corrected chi connectivity index (χ3v) is 5.02. The van der Waals surface area contributed by atoms with Crippen molar-refractivity contribution in [2.45, 2.75) is 19.9 Å². The van der Waals surface area contributed by atoms with Crippen molar-refractivity contribution in [3.05, 3.63) is 54.1 Å². The van der Waals surface area contributed by atoms with E-state index < -0.39 is 0 Å². The van der Waals surface area contributed by atoms with Crippen molar-refractivity contribution in [3.8, 4) is 11.5 Å². The van der Waals surface area contributed by atoms with Gasteiger partial charge in [0, 0.05) is 19.2 Å². The van der Waals surface area contributed by atoms with Gasteiger partial charge in [-0.3, -0.25) is 9.59 Å². The predicted molar refractivity (Wildman–Crippen MR) is 107 cm³/mol. The second-order valence-corrected chi connectivity index (χ2v) is 6.84. The summed E-state index contributed by atoms with van der Waals surface area (Å²) in [5, 5.41) is 2.88. The van der Waals surface area contributed by atoms with Crippen LogP contribution in [0.1, 0.15) is 18.9 Å². The minimum atomic E-state index is -0.302. The Balaban J connectivity index is 1.61. The van der Waals surface area contributed by atoms with Gasteiger partial charge in [0.1, 0.15) is 11.5 Å². The van der Waals surface area contributed by atoms with Crippen LogP contribution >= 0.6 is 0 Å². The predicted octanol–water partition coefficient (Wildman–Crippen LogP) is 3.33. The van der Waals surface area contributed by atoms with Crippen LogP contribution in [0.2, 0.25) is 0 Å². The molecule has 1 aliphatic rings. The Morgan fingerprint density at radius 1 is 1.07 bits per heavy atom. The van der Waals surface area contributed by atoms with Crippen molar-refractivity contribution in [1.29, 1.82) is 0 Å². The Morgan fingerprint density at radius 2 is 1.82 bits per heavy atom. The maximum absolute atomic E-state index is 12.8. The smallest absolute Gasteiger partial charge is 0.228 e. The van der Waals surface area contributed by atoms with Gasteiger partial charge in [-0.25, -0.2) is 0 Å². The number of carbonyl (C=O) groups is 2. The summed E-state index contributed by atoms with van der Waals surface area (Å²) in [5.74, 6) is 0.493. The SMILES string of the molecule is CCN(Cc1ccccc1)C(=O)C1CC1C(=O)Nc1ccc(OC)cc1OC. The van der Waals surface area contributed by atoms with Gasteiger partial charge in [-0.15, -0.1) is 0 Å². The van der Waals surface area contributed by atoms with Crippen LogP contribution in [0.15, 0.2) is 48.5 Å². The number of hydrogen-bond donors (Lipinski definition) is 1. The number of amides is 2. The van der Waals surface area contributed by atoms with Gasteiger partial charge in [0.05, 0.1) is 31.7 Å². The number of rotatable bonds is 8. The summed E-state index contributed by atoms with van der Waals surface area (Å²) in [7, 11) is 3.11. The van der Waals surface area contributed by atoms with Gasteiger partial charge in [-0.2, -0.15) is 0 Å². The monoisotopic (exact) mass is 382 g/mol. The lowest BCUT2D eigenvalue weighted by atomic mass is 10.2. The molecule has 2 aromatic carbocycles. The van der Waals surface area contributed by atoms with E-state index in [0.717, 1.165) is 5.56 Å². The highest BCUT2D eigenvalue weighted by Gasteiger charge is 2.49. The van der Waals surface area contributed by atoms with E-state index in [2.05, 4.69) is 5.32 Å². The zero-order valence-corrected chi connectivity index (χ0v) is 16.5. The molecule has 2 atom stereocenters. The first kappa shape index (κ1) is 19.7. The molecule has 2 unspecified atom stereocenters. The molecule has 148 valence electrons. The first-order valence-corrected chi connectivity index (χ1v) is 9.43. The third-order valence-electron chi connectivity index (χ3n) is 5.02. The number of ether oxygens (including phenoxy) is 2. The molecule has 3 rings (SSSR count). The van der Waals surface area contributed by atoms with Crippen molar-refractivity contribution in [1.82, 2.24) is 4.90 Å². The third kappa shape index (κ3) is 4.44. The largest absolute Gasteiger partial charge is 0.497 e. The molecule has 0 radical (unpaired) electrons. The van der Waals surface area contributed by atoms with Crippen molar-refractivity contribution in [3.63, 3.8) is 0 Å². The summed E-state index contributed by atoms with van der Waals surface area (Å²) in [4.78, 5) is 27.2. The second-order valence-electron chi connectivity index (χ2n) is 6.84. The Morgan fingerprint density at radius 3 is 2.46 bits per heavy atom. The number of hydrogen-bond acceptors (Lipinski definition) is 4. The Bertz CT molecular complexity index is 838. The molecule has 0 aliphatic heterocycles. The molecule has 6 nitrogen and oxygen atoms in total. The lowest BCUT2D eigenvalue weighted by Gasteiger charge is -2.21. The van der Waals surface area contributed by atoms with E-state index >= 15 is 0 Å². The topological polar surface area (TPSA) is 67.9 Å². The highest BCUT2D eigenvalue weighted by molar-refractivity contribution is 6.00. The Kier molecular flexibility index (Phi) is 6.19. The molecule has 1 saturated carbocycles. The van der Waals surface area contributed by atoms with Crippen molar-refractivity contribution >= 4 is 17.5 Å². The second kappa shape index (κ2) is 8.78. The van der Waals surface area contributed by atoms with E-state index in [9.17, 15) is 9.59 Å². The van der Waals surface area contributed by atoms with Crippen LogP contribution in [0.25, 0.3) is 0 Å². The zero-order valence-electron chi connectivity index (χ0n) is 16.5. The van der Waals surface area contributed by atoms with Crippen LogP contribution in [0, 0.1) is 11.8 Å². The first-order valence-electron chi connectivity index (χ1n) is 9.43. The molecule has 0 spiro atoms. The molecule has 28 heavy (non-hydrogen) atoms. The molecule has 0 saturated heterocycles. The minimum Gasteiger partial charge on any atom is -0.497 e.